The first-order chi connectivity index (χ1) is 17.0. The van der Waals surface area contributed by atoms with Crippen molar-refractivity contribution in [3.63, 3.8) is 0 Å². The maximum atomic E-state index is 13.4. The van der Waals surface area contributed by atoms with Crippen LogP contribution in [0.3, 0.4) is 0 Å². The molecule has 1 aliphatic heterocycles. The minimum absolute atomic E-state index is 0.0941. The van der Waals surface area contributed by atoms with Gasteiger partial charge in [-0.25, -0.2) is 4.98 Å². The van der Waals surface area contributed by atoms with Crippen molar-refractivity contribution in [2.24, 2.45) is 0 Å². The Kier molecular flexibility index (Phi) is 6.36. The van der Waals surface area contributed by atoms with E-state index >= 15 is 0 Å². The fourth-order valence-electron chi connectivity index (χ4n) is 4.66. The Bertz CT molecular complexity index is 1440. The second kappa shape index (κ2) is 9.74. The Morgan fingerprint density at radius 3 is 2.77 bits per heavy atom. The highest BCUT2D eigenvalue weighted by atomic mass is 16.5. The molecule has 1 aliphatic rings. The number of aromatic nitrogens is 3. The number of hydrogen-bond donors (Lipinski definition) is 1. The molecule has 178 valence electrons. The summed E-state index contributed by atoms with van der Waals surface area (Å²) in [5.41, 5.74) is 5.05. The van der Waals surface area contributed by atoms with Gasteiger partial charge in [-0.1, -0.05) is 12.1 Å². The molecule has 1 fully saturated rings. The molecule has 4 heterocycles. The molecule has 1 N–H and O–H groups in total. The van der Waals surface area contributed by atoms with Crippen molar-refractivity contribution in [2.45, 2.75) is 6.04 Å². The molecule has 0 spiro atoms. The van der Waals surface area contributed by atoms with E-state index in [0.29, 0.717) is 25.3 Å². The zero-order chi connectivity index (χ0) is 24.4. The van der Waals surface area contributed by atoms with Gasteiger partial charge in [0, 0.05) is 49.0 Å². The van der Waals surface area contributed by atoms with Crippen molar-refractivity contribution in [3.05, 3.63) is 82.5 Å². The topological polar surface area (TPSA) is 90.2 Å². The van der Waals surface area contributed by atoms with Crippen molar-refractivity contribution >= 4 is 16.7 Å². The predicted molar refractivity (Wildman–Crippen MR) is 137 cm³/mol. The lowest BCUT2D eigenvalue weighted by Gasteiger charge is -2.28. The van der Waals surface area contributed by atoms with Gasteiger partial charge in [0.25, 0.3) is 5.56 Å². The minimum Gasteiger partial charge on any atom is -0.378 e. The Balaban J connectivity index is 1.52. The highest BCUT2D eigenvalue weighted by Crippen LogP contribution is 2.30. The van der Waals surface area contributed by atoms with Crippen LogP contribution in [0.5, 0.6) is 0 Å². The summed E-state index contributed by atoms with van der Waals surface area (Å²) in [6.45, 7) is 3.73. The lowest BCUT2D eigenvalue weighted by molar-refractivity contribution is 0.122. The third-order valence-corrected chi connectivity index (χ3v) is 6.43. The highest BCUT2D eigenvalue weighted by Gasteiger charge is 2.19. The number of hydrogen-bond acceptors (Lipinski definition) is 6. The maximum absolute atomic E-state index is 13.4. The molecule has 8 nitrogen and oxygen atoms in total. The van der Waals surface area contributed by atoms with Crippen molar-refractivity contribution in [1.82, 2.24) is 19.4 Å². The Labute approximate surface area is 204 Å². The van der Waals surface area contributed by atoms with Gasteiger partial charge < -0.3 is 24.1 Å². The van der Waals surface area contributed by atoms with E-state index in [2.05, 4.69) is 27.0 Å². The molecule has 0 saturated carbocycles. The normalized spacial score (nSPS) is 14.9. The number of fused-ring (bicyclic) bond motifs is 1. The number of nitriles is 1. The van der Waals surface area contributed by atoms with Crippen LogP contribution in [0.1, 0.15) is 17.2 Å². The van der Waals surface area contributed by atoms with Gasteiger partial charge in [-0.2, -0.15) is 5.26 Å². The second-order valence-electron chi connectivity index (χ2n) is 9.07. The molecule has 5 rings (SSSR count). The van der Waals surface area contributed by atoms with E-state index in [1.807, 2.05) is 61.9 Å². The summed E-state index contributed by atoms with van der Waals surface area (Å²) in [6.07, 6.45) is 5.64. The van der Waals surface area contributed by atoms with E-state index in [0.717, 1.165) is 46.5 Å². The largest absolute Gasteiger partial charge is 0.378 e. The number of H-pyrrole nitrogens is 1. The number of anilines is 1. The van der Waals surface area contributed by atoms with E-state index in [1.54, 1.807) is 16.7 Å². The quantitative estimate of drug-likeness (QED) is 0.467. The Morgan fingerprint density at radius 2 is 2.03 bits per heavy atom. The number of nitrogens with zero attached hydrogens (tertiary/aromatic N) is 5. The molecular weight excluding hydrogens is 440 g/mol. The first-order valence-electron chi connectivity index (χ1n) is 11.7. The number of likely N-dealkylation sites (N-methyl/N-ethyl adjacent to an activating group) is 1. The summed E-state index contributed by atoms with van der Waals surface area (Å²) in [4.78, 5) is 25.5. The van der Waals surface area contributed by atoms with Crippen LogP contribution in [0.25, 0.3) is 22.2 Å². The third kappa shape index (κ3) is 4.69. The summed E-state index contributed by atoms with van der Waals surface area (Å²) < 4.78 is 7.22. The van der Waals surface area contributed by atoms with E-state index < -0.39 is 0 Å². The lowest BCUT2D eigenvalue weighted by atomic mass is 10.0. The standard InChI is InChI=1S/C27H28N6O2/c1-31(2)18-25(21-5-3-4-19(12-21)15-28)33-7-6-20(13-26(33)34)24-17-30-27-23(24)14-22(16-29-27)32-8-10-35-11-9-32/h3-7,12-14,16-17,25H,8-11,18H2,1-2H3,(H,29,30)/t25-/m1/s1. The molecule has 0 amide bonds. The molecule has 1 saturated heterocycles. The van der Waals surface area contributed by atoms with Crippen LogP contribution in [0.4, 0.5) is 5.69 Å². The average molecular weight is 469 g/mol. The highest BCUT2D eigenvalue weighted by molar-refractivity contribution is 5.95. The minimum atomic E-state index is -0.211. The Hall–Kier alpha value is -3.93. The van der Waals surface area contributed by atoms with Crippen LogP contribution in [0.15, 0.2) is 65.8 Å². The van der Waals surface area contributed by atoms with E-state index in [9.17, 15) is 10.1 Å². The maximum Gasteiger partial charge on any atom is 0.251 e. The van der Waals surface area contributed by atoms with Crippen molar-refractivity contribution in [1.29, 1.82) is 5.26 Å². The van der Waals surface area contributed by atoms with Gasteiger partial charge >= 0.3 is 0 Å². The zero-order valence-corrected chi connectivity index (χ0v) is 19.9. The second-order valence-corrected chi connectivity index (χ2v) is 9.07. The average Bonchev–Trinajstić information content (AvgIpc) is 3.31. The molecule has 8 heteroatoms. The van der Waals surface area contributed by atoms with Gasteiger partial charge in [0.1, 0.15) is 5.65 Å². The lowest BCUT2D eigenvalue weighted by Crippen LogP contribution is -2.36. The molecule has 4 aromatic rings. The first-order valence-corrected chi connectivity index (χ1v) is 11.7. The number of ether oxygens (including phenoxy) is 1. The van der Waals surface area contributed by atoms with Gasteiger partial charge in [0.15, 0.2) is 0 Å². The summed E-state index contributed by atoms with van der Waals surface area (Å²) >= 11 is 0. The number of morpholine rings is 1. The molecule has 1 aromatic carbocycles. The summed E-state index contributed by atoms with van der Waals surface area (Å²) in [6, 6.07) is 15.2. The van der Waals surface area contributed by atoms with Crippen LogP contribution in [-0.2, 0) is 4.74 Å². The zero-order valence-electron chi connectivity index (χ0n) is 19.9. The molecule has 3 aromatic heterocycles. The monoisotopic (exact) mass is 468 g/mol. The van der Waals surface area contributed by atoms with Gasteiger partial charge in [-0.3, -0.25) is 4.79 Å². The molecule has 0 radical (unpaired) electrons. The molecule has 0 aliphatic carbocycles. The molecule has 0 unspecified atom stereocenters. The van der Waals surface area contributed by atoms with Gasteiger partial charge in [-0.05, 0) is 49.5 Å². The molecular formula is C27H28N6O2. The number of pyridine rings is 2. The van der Waals surface area contributed by atoms with Crippen LogP contribution in [-0.4, -0.2) is 66.4 Å². The van der Waals surface area contributed by atoms with Crippen molar-refractivity contribution in [2.75, 3.05) is 51.8 Å². The van der Waals surface area contributed by atoms with E-state index in [-0.39, 0.29) is 11.6 Å². The van der Waals surface area contributed by atoms with Gasteiger partial charge in [0.05, 0.1) is 42.8 Å². The van der Waals surface area contributed by atoms with Crippen LogP contribution in [0.2, 0.25) is 0 Å². The SMILES string of the molecule is CN(C)C[C@H](c1cccc(C#N)c1)n1ccc(-c2c[nH]c3ncc(N4CCOCC4)cc23)cc1=O. The number of nitrogens with one attached hydrogen (secondary N) is 1. The van der Waals surface area contributed by atoms with Crippen LogP contribution in [0, 0.1) is 11.3 Å². The van der Waals surface area contributed by atoms with Crippen molar-refractivity contribution < 1.29 is 4.74 Å². The van der Waals surface area contributed by atoms with E-state index in [4.69, 9.17) is 4.74 Å². The predicted octanol–water partition coefficient (Wildman–Crippen LogP) is 3.25. The number of aromatic amines is 1. The van der Waals surface area contributed by atoms with E-state index in [1.165, 1.54) is 0 Å². The van der Waals surface area contributed by atoms with Gasteiger partial charge in [-0.15, -0.1) is 0 Å². The number of benzene rings is 1. The smallest absolute Gasteiger partial charge is 0.251 e. The van der Waals surface area contributed by atoms with Crippen LogP contribution >= 0.6 is 0 Å². The molecule has 35 heavy (non-hydrogen) atoms. The Morgan fingerprint density at radius 1 is 1.20 bits per heavy atom. The fourth-order valence-corrected chi connectivity index (χ4v) is 4.66. The summed E-state index contributed by atoms with van der Waals surface area (Å²) in [5, 5.41) is 10.3. The molecule has 1 atom stereocenters. The summed E-state index contributed by atoms with van der Waals surface area (Å²) in [5.74, 6) is 0. The molecule has 0 bridgehead atoms. The van der Waals surface area contributed by atoms with Gasteiger partial charge in [0.2, 0.25) is 0 Å². The number of rotatable bonds is 6. The fraction of sp³-hybridized carbons (Fsp3) is 0.296. The van der Waals surface area contributed by atoms with Crippen molar-refractivity contribution in [3.8, 4) is 17.2 Å². The third-order valence-electron chi connectivity index (χ3n) is 6.43. The van der Waals surface area contributed by atoms with Crippen LogP contribution < -0.4 is 10.5 Å². The first kappa shape index (κ1) is 22.8. The summed E-state index contributed by atoms with van der Waals surface area (Å²) in [7, 11) is 3.96.